The Morgan fingerprint density at radius 2 is 1.95 bits per heavy atom. The van der Waals surface area contributed by atoms with E-state index in [1.807, 2.05) is 0 Å². The first-order valence-electron chi connectivity index (χ1n) is 5.59. The van der Waals surface area contributed by atoms with Gasteiger partial charge in [0.25, 0.3) is 15.3 Å². The van der Waals surface area contributed by atoms with Gasteiger partial charge < -0.3 is 4.42 Å². The standard InChI is InChI=1S/C11H9F3N2O4S2/c1-19-22(17,18)7-5-3-4-6(8(7)11(12,13)14)9-15-16-10(20-9)21-2/h3-5H,1-2H3. The lowest BCUT2D eigenvalue weighted by Gasteiger charge is -2.14. The van der Waals surface area contributed by atoms with Gasteiger partial charge in [0.2, 0.25) is 5.89 Å². The number of hydrogen-bond donors (Lipinski definition) is 0. The summed E-state index contributed by atoms with van der Waals surface area (Å²) in [6, 6.07) is 2.99. The highest BCUT2D eigenvalue weighted by atomic mass is 32.2. The summed E-state index contributed by atoms with van der Waals surface area (Å²) in [5, 5.41) is 7.11. The van der Waals surface area contributed by atoms with E-state index in [1.165, 1.54) is 0 Å². The van der Waals surface area contributed by atoms with Crippen LogP contribution >= 0.6 is 11.8 Å². The molecule has 0 amide bonds. The molecule has 1 heterocycles. The second kappa shape index (κ2) is 5.89. The van der Waals surface area contributed by atoms with Crippen LogP contribution in [0.4, 0.5) is 13.2 Å². The summed E-state index contributed by atoms with van der Waals surface area (Å²) in [5.74, 6) is -0.426. The summed E-state index contributed by atoms with van der Waals surface area (Å²) in [7, 11) is -3.78. The van der Waals surface area contributed by atoms with Crippen LogP contribution in [0.25, 0.3) is 11.5 Å². The Bertz CT molecular complexity index is 787. The predicted molar refractivity (Wildman–Crippen MR) is 70.7 cm³/mol. The Balaban J connectivity index is 2.78. The third-order valence-corrected chi connectivity index (χ3v) is 4.44. The van der Waals surface area contributed by atoms with Crippen molar-refractivity contribution in [3.63, 3.8) is 0 Å². The highest BCUT2D eigenvalue weighted by Crippen LogP contribution is 2.41. The van der Waals surface area contributed by atoms with Gasteiger partial charge in [0.15, 0.2) is 0 Å². The third-order valence-electron chi connectivity index (χ3n) is 2.61. The van der Waals surface area contributed by atoms with Crippen LogP contribution in [0.2, 0.25) is 0 Å². The number of hydrogen-bond acceptors (Lipinski definition) is 7. The molecule has 1 aromatic heterocycles. The van der Waals surface area contributed by atoms with Crippen molar-refractivity contribution in [1.82, 2.24) is 10.2 Å². The van der Waals surface area contributed by atoms with E-state index in [-0.39, 0.29) is 5.22 Å². The zero-order valence-electron chi connectivity index (χ0n) is 11.2. The van der Waals surface area contributed by atoms with Crippen LogP contribution in [-0.2, 0) is 20.5 Å². The van der Waals surface area contributed by atoms with E-state index in [1.54, 1.807) is 6.26 Å². The molecule has 0 radical (unpaired) electrons. The molecule has 0 aliphatic rings. The van der Waals surface area contributed by atoms with E-state index < -0.39 is 38.2 Å². The minimum atomic E-state index is -4.95. The Morgan fingerprint density at radius 3 is 2.45 bits per heavy atom. The topological polar surface area (TPSA) is 82.3 Å². The molecule has 120 valence electrons. The maximum absolute atomic E-state index is 13.3. The molecule has 0 fully saturated rings. The number of alkyl halides is 3. The Kier molecular flexibility index (Phi) is 4.49. The fraction of sp³-hybridized carbons (Fsp3) is 0.273. The molecule has 0 unspecified atom stereocenters. The average Bonchev–Trinajstić information content (AvgIpc) is 2.94. The van der Waals surface area contributed by atoms with E-state index >= 15 is 0 Å². The van der Waals surface area contributed by atoms with Crippen molar-refractivity contribution in [2.24, 2.45) is 0 Å². The molecule has 2 rings (SSSR count). The number of thioether (sulfide) groups is 1. The molecule has 0 saturated carbocycles. The summed E-state index contributed by atoms with van der Waals surface area (Å²) < 4.78 is 72.7. The molecule has 0 aliphatic carbocycles. The highest BCUT2D eigenvalue weighted by Gasteiger charge is 2.41. The molecule has 22 heavy (non-hydrogen) atoms. The number of halogens is 3. The van der Waals surface area contributed by atoms with Crippen molar-refractivity contribution in [3.8, 4) is 11.5 Å². The molecule has 1 aromatic carbocycles. The van der Waals surface area contributed by atoms with Gasteiger partial charge >= 0.3 is 6.18 Å². The van der Waals surface area contributed by atoms with E-state index in [9.17, 15) is 21.6 Å². The molecule has 0 saturated heterocycles. The summed E-state index contributed by atoms with van der Waals surface area (Å²) in [6.45, 7) is 0. The smallest absolute Gasteiger partial charge is 0.411 e. The molecule has 0 N–H and O–H groups in total. The lowest BCUT2D eigenvalue weighted by molar-refractivity contribution is -0.139. The van der Waals surface area contributed by atoms with Crippen LogP contribution in [0.1, 0.15) is 5.56 Å². The molecule has 0 aliphatic heterocycles. The molecular weight excluding hydrogens is 345 g/mol. The van der Waals surface area contributed by atoms with Crippen molar-refractivity contribution < 1.29 is 30.2 Å². The summed E-state index contributed by atoms with van der Waals surface area (Å²) in [6.07, 6.45) is -3.35. The molecule has 11 heteroatoms. The van der Waals surface area contributed by atoms with Gasteiger partial charge in [-0.3, -0.25) is 4.18 Å². The van der Waals surface area contributed by atoms with Crippen LogP contribution < -0.4 is 0 Å². The first kappa shape index (κ1) is 16.8. The minimum Gasteiger partial charge on any atom is -0.411 e. The lowest BCUT2D eigenvalue weighted by atomic mass is 10.1. The number of benzene rings is 1. The SMILES string of the molecule is COS(=O)(=O)c1cccc(-c2nnc(SC)o2)c1C(F)(F)F. The van der Waals surface area contributed by atoms with Gasteiger partial charge in [-0.05, 0) is 18.4 Å². The van der Waals surface area contributed by atoms with Crippen molar-refractivity contribution in [1.29, 1.82) is 0 Å². The van der Waals surface area contributed by atoms with Crippen molar-refractivity contribution in [2.45, 2.75) is 16.3 Å². The van der Waals surface area contributed by atoms with Gasteiger partial charge in [-0.15, -0.1) is 10.2 Å². The average molecular weight is 354 g/mol. The first-order valence-corrected chi connectivity index (χ1v) is 8.22. The molecule has 0 bridgehead atoms. The summed E-state index contributed by atoms with van der Waals surface area (Å²) in [4.78, 5) is -1.01. The molecule has 0 spiro atoms. The number of aromatic nitrogens is 2. The van der Waals surface area contributed by atoms with Gasteiger partial charge in [0.1, 0.15) is 4.90 Å². The maximum Gasteiger partial charge on any atom is 0.418 e. The molecule has 2 aromatic rings. The second-order valence-corrected chi connectivity index (χ2v) is 6.31. The molecular formula is C11H9F3N2O4S2. The second-order valence-electron chi connectivity index (χ2n) is 3.87. The van der Waals surface area contributed by atoms with Crippen molar-refractivity contribution in [3.05, 3.63) is 23.8 Å². The van der Waals surface area contributed by atoms with Gasteiger partial charge in [-0.25, -0.2) is 0 Å². The van der Waals surface area contributed by atoms with E-state index in [4.69, 9.17) is 4.42 Å². The van der Waals surface area contributed by atoms with E-state index in [0.29, 0.717) is 0 Å². The molecule has 0 atom stereocenters. The van der Waals surface area contributed by atoms with Crippen LogP contribution in [0.3, 0.4) is 0 Å². The monoisotopic (exact) mass is 354 g/mol. The maximum atomic E-state index is 13.3. The van der Waals surface area contributed by atoms with Gasteiger partial charge in [-0.2, -0.15) is 21.6 Å². The Hall–Kier alpha value is -1.59. The zero-order chi connectivity index (χ0) is 16.5. The fourth-order valence-corrected chi connectivity index (χ4v) is 2.89. The largest absolute Gasteiger partial charge is 0.418 e. The minimum absolute atomic E-state index is 0.0585. The Morgan fingerprint density at radius 1 is 1.27 bits per heavy atom. The van der Waals surface area contributed by atoms with Crippen LogP contribution in [0.15, 0.2) is 32.7 Å². The predicted octanol–water partition coefficient (Wildman–Crippen LogP) is 2.81. The highest BCUT2D eigenvalue weighted by molar-refractivity contribution is 7.98. The van der Waals surface area contributed by atoms with Gasteiger partial charge in [-0.1, -0.05) is 17.8 Å². The van der Waals surface area contributed by atoms with E-state index in [2.05, 4.69) is 14.4 Å². The van der Waals surface area contributed by atoms with E-state index in [0.717, 1.165) is 37.1 Å². The number of nitrogens with zero attached hydrogens (tertiary/aromatic N) is 2. The van der Waals surface area contributed by atoms with Crippen LogP contribution in [-0.4, -0.2) is 32.0 Å². The van der Waals surface area contributed by atoms with Crippen molar-refractivity contribution >= 4 is 21.9 Å². The normalized spacial score (nSPS) is 12.6. The lowest BCUT2D eigenvalue weighted by Crippen LogP contribution is -2.15. The third kappa shape index (κ3) is 3.10. The Labute approximate surface area is 127 Å². The van der Waals surface area contributed by atoms with Gasteiger partial charge in [0, 0.05) is 0 Å². The summed E-state index contributed by atoms with van der Waals surface area (Å²) in [5.41, 5.74) is -1.94. The van der Waals surface area contributed by atoms with Crippen LogP contribution in [0.5, 0.6) is 0 Å². The van der Waals surface area contributed by atoms with Crippen LogP contribution in [0, 0.1) is 0 Å². The first-order chi connectivity index (χ1) is 10.2. The summed E-state index contributed by atoms with van der Waals surface area (Å²) >= 11 is 1.05. The quantitative estimate of drug-likeness (QED) is 0.617. The van der Waals surface area contributed by atoms with Gasteiger partial charge in [0.05, 0.1) is 18.2 Å². The van der Waals surface area contributed by atoms with Crippen molar-refractivity contribution in [2.75, 3.05) is 13.4 Å². The molecule has 6 nitrogen and oxygen atoms in total. The fourth-order valence-electron chi connectivity index (χ4n) is 1.70. The zero-order valence-corrected chi connectivity index (χ0v) is 12.8. The number of rotatable bonds is 4.